The third-order valence-electron chi connectivity index (χ3n) is 4.20. The maximum atomic E-state index is 12.5. The summed E-state index contributed by atoms with van der Waals surface area (Å²) in [6, 6.07) is 4.08. The predicted octanol–water partition coefficient (Wildman–Crippen LogP) is 3.98. The minimum Gasteiger partial charge on any atom is -0.454 e. The number of carbonyl (C=O) groups excluding carboxylic acids is 2. The van der Waals surface area contributed by atoms with Gasteiger partial charge in [0.05, 0.1) is 15.7 Å². The lowest BCUT2D eigenvalue weighted by Gasteiger charge is -2.33. The number of aromatic nitrogens is 2. The Balaban J connectivity index is 1.60. The Hall–Kier alpha value is -2.09. The SMILES string of the molecule is O=C(COC(=O)C1CCCCN1c1ncccn1)Nc1c(Cl)cc(Cl)cc1Cl. The second-order valence-electron chi connectivity index (χ2n) is 6.15. The van der Waals surface area contributed by atoms with Crippen LogP contribution in [0.25, 0.3) is 0 Å². The molecule has 3 rings (SSSR count). The molecule has 1 aromatic carbocycles. The molecule has 28 heavy (non-hydrogen) atoms. The summed E-state index contributed by atoms with van der Waals surface area (Å²) < 4.78 is 5.21. The fraction of sp³-hybridized carbons (Fsp3) is 0.333. The van der Waals surface area contributed by atoms with Crippen LogP contribution < -0.4 is 10.2 Å². The fourth-order valence-electron chi connectivity index (χ4n) is 2.93. The maximum absolute atomic E-state index is 12.5. The number of benzene rings is 1. The van der Waals surface area contributed by atoms with E-state index >= 15 is 0 Å². The van der Waals surface area contributed by atoms with Gasteiger partial charge in [0.25, 0.3) is 5.91 Å². The largest absolute Gasteiger partial charge is 0.454 e. The maximum Gasteiger partial charge on any atom is 0.329 e. The number of hydrogen-bond donors (Lipinski definition) is 1. The first kappa shape index (κ1) is 20.6. The molecule has 2 heterocycles. The molecule has 1 atom stereocenters. The number of ether oxygens (including phenoxy) is 1. The van der Waals surface area contributed by atoms with Gasteiger partial charge in [0.1, 0.15) is 6.04 Å². The van der Waals surface area contributed by atoms with Crippen LogP contribution in [-0.2, 0) is 14.3 Å². The minimum atomic E-state index is -0.558. The lowest BCUT2D eigenvalue weighted by molar-refractivity contribution is -0.149. The second kappa shape index (κ2) is 9.41. The van der Waals surface area contributed by atoms with Gasteiger partial charge in [0.15, 0.2) is 6.61 Å². The Kier molecular flexibility index (Phi) is 6.93. The number of rotatable bonds is 5. The first-order chi connectivity index (χ1) is 13.5. The summed E-state index contributed by atoms with van der Waals surface area (Å²) in [6.45, 7) is 0.181. The summed E-state index contributed by atoms with van der Waals surface area (Å²) in [4.78, 5) is 34.9. The lowest BCUT2D eigenvalue weighted by atomic mass is 10.0. The number of nitrogens with one attached hydrogen (secondary N) is 1. The number of anilines is 2. The number of piperidine rings is 1. The van der Waals surface area contributed by atoms with Crippen LogP contribution in [0.3, 0.4) is 0 Å². The number of esters is 1. The highest BCUT2D eigenvalue weighted by Gasteiger charge is 2.32. The molecule has 148 valence electrons. The highest BCUT2D eigenvalue weighted by atomic mass is 35.5. The molecule has 0 saturated carbocycles. The lowest BCUT2D eigenvalue weighted by Crippen LogP contribution is -2.47. The van der Waals surface area contributed by atoms with E-state index in [0.717, 1.165) is 12.8 Å². The average Bonchev–Trinajstić information content (AvgIpc) is 2.69. The van der Waals surface area contributed by atoms with E-state index in [1.807, 2.05) is 0 Å². The third-order valence-corrected chi connectivity index (χ3v) is 5.02. The Morgan fingerprint density at radius 3 is 2.50 bits per heavy atom. The van der Waals surface area contributed by atoms with Crippen molar-refractivity contribution in [1.82, 2.24) is 9.97 Å². The topological polar surface area (TPSA) is 84.4 Å². The second-order valence-corrected chi connectivity index (χ2v) is 7.40. The van der Waals surface area contributed by atoms with Crippen LogP contribution in [0, 0.1) is 0 Å². The van der Waals surface area contributed by atoms with E-state index in [1.165, 1.54) is 12.1 Å². The van der Waals surface area contributed by atoms with Crippen molar-refractivity contribution in [2.45, 2.75) is 25.3 Å². The van der Waals surface area contributed by atoms with Crippen LogP contribution >= 0.6 is 34.8 Å². The molecule has 10 heteroatoms. The Morgan fingerprint density at radius 1 is 1.14 bits per heavy atom. The van der Waals surface area contributed by atoms with Crippen molar-refractivity contribution in [2.75, 3.05) is 23.4 Å². The fourth-order valence-corrected chi connectivity index (χ4v) is 3.84. The van der Waals surface area contributed by atoms with Crippen molar-refractivity contribution >= 4 is 58.3 Å². The van der Waals surface area contributed by atoms with Gasteiger partial charge in [-0.15, -0.1) is 0 Å². The molecule has 7 nitrogen and oxygen atoms in total. The van der Waals surface area contributed by atoms with E-state index in [0.29, 0.717) is 23.9 Å². The number of halogens is 3. The number of hydrogen-bond acceptors (Lipinski definition) is 6. The number of nitrogens with zero attached hydrogens (tertiary/aromatic N) is 3. The highest BCUT2D eigenvalue weighted by Crippen LogP contribution is 2.33. The normalized spacial score (nSPS) is 16.5. The molecule has 1 unspecified atom stereocenters. The average molecular weight is 444 g/mol. The summed E-state index contributed by atoms with van der Waals surface area (Å²) in [5.41, 5.74) is 0.214. The summed E-state index contributed by atoms with van der Waals surface area (Å²) in [7, 11) is 0. The first-order valence-corrected chi connectivity index (χ1v) is 9.74. The third kappa shape index (κ3) is 5.04. The number of carbonyl (C=O) groups is 2. The zero-order valence-electron chi connectivity index (χ0n) is 14.7. The Bertz CT molecular complexity index is 843. The molecule has 0 spiro atoms. The van der Waals surface area contributed by atoms with Crippen LogP contribution in [0.15, 0.2) is 30.6 Å². The first-order valence-electron chi connectivity index (χ1n) is 8.60. The van der Waals surface area contributed by atoms with Crippen molar-refractivity contribution in [1.29, 1.82) is 0 Å². The van der Waals surface area contributed by atoms with Gasteiger partial charge in [-0.1, -0.05) is 34.8 Å². The van der Waals surface area contributed by atoms with E-state index < -0.39 is 24.5 Å². The number of amides is 1. The molecule has 2 aromatic rings. The van der Waals surface area contributed by atoms with E-state index in [2.05, 4.69) is 15.3 Å². The molecule has 1 amide bonds. The standard InChI is InChI=1S/C18H17Cl3N4O3/c19-11-8-12(20)16(13(21)9-11)24-15(26)10-28-17(27)14-4-1-2-7-25(14)18-22-5-3-6-23-18/h3,5-6,8-9,14H,1-2,4,7,10H2,(H,24,26). The zero-order chi connectivity index (χ0) is 20.1. The molecule has 0 aliphatic carbocycles. The molecule has 1 aliphatic heterocycles. The van der Waals surface area contributed by atoms with Crippen LogP contribution in [0.5, 0.6) is 0 Å². The molecule has 1 aliphatic rings. The molecular weight excluding hydrogens is 427 g/mol. The molecular formula is C18H17Cl3N4O3. The summed E-state index contributed by atoms with van der Waals surface area (Å²) in [5.74, 6) is -0.596. The Labute approximate surface area is 176 Å². The highest BCUT2D eigenvalue weighted by molar-refractivity contribution is 6.42. The molecule has 1 saturated heterocycles. The molecule has 0 radical (unpaired) electrons. The summed E-state index contributed by atoms with van der Waals surface area (Å²) >= 11 is 17.9. The van der Waals surface area contributed by atoms with Gasteiger partial charge in [0, 0.05) is 24.0 Å². The predicted molar refractivity (Wildman–Crippen MR) is 108 cm³/mol. The molecule has 1 fully saturated rings. The van der Waals surface area contributed by atoms with Gasteiger partial charge in [-0.05, 0) is 37.5 Å². The summed E-state index contributed by atoms with van der Waals surface area (Å²) in [5, 5.41) is 3.26. The zero-order valence-corrected chi connectivity index (χ0v) is 17.0. The van der Waals surface area contributed by atoms with Crippen molar-refractivity contribution in [2.24, 2.45) is 0 Å². The molecule has 1 N–H and O–H groups in total. The van der Waals surface area contributed by atoms with E-state index in [9.17, 15) is 9.59 Å². The summed E-state index contributed by atoms with van der Waals surface area (Å²) in [6.07, 6.45) is 5.65. The Morgan fingerprint density at radius 2 is 1.82 bits per heavy atom. The monoisotopic (exact) mass is 442 g/mol. The van der Waals surface area contributed by atoms with Crippen molar-refractivity contribution in [3.63, 3.8) is 0 Å². The van der Waals surface area contributed by atoms with Crippen LogP contribution in [0.4, 0.5) is 11.6 Å². The molecule has 1 aromatic heterocycles. The van der Waals surface area contributed by atoms with Gasteiger partial charge in [0.2, 0.25) is 5.95 Å². The smallest absolute Gasteiger partial charge is 0.329 e. The van der Waals surface area contributed by atoms with E-state index in [4.69, 9.17) is 39.5 Å². The van der Waals surface area contributed by atoms with E-state index in [-0.39, 0.29) is 15.7 Å². The molecule has 0 bridgehead atoms. The van der Waals surface area contributed by atoms with Crippen LogP contribution in [0.2, 0.25) is 15.1 Å². The van der Waals surface area contributed by atoms with Gasteiger partial charge in [-0.25, -0.2) is 14.8 Å². The van der Waals surface area contributed by atoms with Gasteiger partial charge in [-0.2, -0.15) is 0 Å². The van der Waals surface area contributed by atoms with E-state index in [1.54, 1.807) is 23.4 Å². The van der Waals surface area contributed by atoms with Gasteiger partial charge in [-0.3, -0.25) is 4.79 Å². The van der Waals surface area contributed by atoms with Crippen molar-refractivity contribution in [3.8, 4) is 0 Å². The van der Waals surface area contributed by atoms with Crippen LogP contribution in [0.1, 0.15) is 19.3 Å². The van der Waals surface area contributed by atoms with Crippen molar-refractivity contribution < 1.29 is 14.3 Å². The minimum absolute atomic E-state index is 0.192. The van der Waals surface area contributed by atoms with Gasteiger partial charge >= 0.3 is 5.97 Å². The van der Waals surface area contributed by atoms with Crippen LogP contribution in [-0.4, -0.2) is 41.0 Å². The van der Waals surface area contributed by atoms with Gasteiger partial charge < -0.3 is 15.0 Å². The quantitative estimate of drug-likeness (QED) is 0.704. The van der Waals surface area contributed by atoms with Crippen molar-refractivity contribution in [3.05, 3.63) is 45.7 Å².